The van der Waals surface area contributed by atoms with E-state index in [1.807, 2.05) is 6.07 Å². The number of likely N-dealkylation sites (tertiary alicyclic amines) is 1. The highest BCUT2D eigenvalue weighted by molar-refractivity contribution is 6.31. The molecule has 1 fully saturated rings. The lowest BCUT2D eigenvalue weighted by atomic mass is 9.92. The molecule has 0 saturated carbocycles. The lowest BCUT2D eigenvalue weighted by Crippen LogP contribution is -2.35. The van der Waals surface area contributed by atoms with Crippen molar-refractivity contribution in [1.82, 2.24) is 4.90 Å². The van der Waals surface area contributed by atoms with Crippen molar-refractivity contribution in [3.05, 3.63) is 41.1 Å². The van der Waals surface area contributed by atoms with E-state index in [4.69, 9.17) is 11.6 Å². The van der Waals surface area contributed by atoms with E-state index in [9.17, 15) is 10.1 Å². The molecular formula is C17H20ClN3O. The van der Waals surface area contributed by atoms with Gasteiger partial charge in [-0.15, -0.1) is 0 Å². The van der Waals surface area contributed by atoms with Crippen molar-refractivity contribution in [2.45, 2.75) is 20.3 Å². The molecule has 1 heterocycles. The van der Waals surface area contributed by atoms with Crippen LogP contribution in [0.3, 0.4) is 0 Å². The van der Waals surface area contributed by atoms with Gasteiger partial charge in [0.25, 0.3) is 5.91 Å². The number of hydrogen-bond donors (Lipinski definition) is 1. The van der Waals surface area contributed by atoms with Crippen molar-refractivity contribution < 1.29 is 4.79 Å². The van der Waals surface area contributed by atoms with E-state index < -0.39 is 5.91 Å². The van der Waals surface area contributed by atoms with Crippen LogP contribution >= 0.6 is 11.6 Å². The highest BCUT2D eigenvalue weighted by atomic mass is 35.5. The highest BCUT2D eigenvalue weighted by Crippen LogP contribution is 2.22. The Labute approximate surface area is 136 Å². The summed E-state index contributed by atoms with van der Waals surface area (Å²) in [5, 5.41) is 12.5. The summed E-state index contributed by atoms with van der Waals surface area (Å²) in [5.74, 6) is 0.725. The zero-order valence-corrected chi connectivity index (χ0v) is 13.6. The molecule has 0 aromatic heterocycles. The summed E-state index contributed by atoms with van der Waals surface area (Å²) in [6.45, 7) is 6.13. The maximum atomic E-state index is 12.2. The van der Waals surface area contributed by atoms with Gasteiger partial charge in [0.15, 0.2) is 0 Å². The van der Waals surface area contributed by atoms with Gasteiger partial charge in [0.05, 0.1) is 0 Å². The predicted molar refractivity (Wildman–Crippen MR) is 88.3 cm³/mol. The molecule has 0 bridgehead atoms. The molecular weight excluding hydrogens is 298 g/mol. The Morgan fingerprint density at radius 1 is 1.41 bits per heavy atom. The Morgan fingerprint density at radius 2 is 2.09 bits per heavy atom. The fourth-order valence-corrected chi connectivity index (χ4v) is 3.09. The van der Waals surface area contributed by atoms with Crippen molar-refractivity contribution in [2.24, 2.45) is 11.8 Å². The van der Waals surface area contributed by atoms with E-state index in [2.05, 4.69) is 24.1 Å². The van der Waals surface area contributed by atoms with Gasteiger partial charge in [0.2, 0.25) is 0 Å². The smallest absolute Gasteiger partial charge is 0.267 e. The Hall–Kier alpha value is -1.99. The summed E-state index contributed by atoms with van der Waals surface area (Å²) >= 11 is 5.89. The number of carbonyl (C=O) groups is 1. The second kappa shape index (κ2) is 7.33. The summed E-state index contributed by atoms with van der Waals surface area (Å²) in [7, 11) is 0. The van der Waals surface area contributed by atoms with Crippen LogP contribution in [0.25, 0.3) is 0 Å². The SMILES string of the molecule is C[C@@H]1C[C@@H](C)CN(C=C(C#N)C(=O)Nc2cccc(Cl)c2)C1. The van der Waals surface area contributed by atoms with Crippen LogP contribution in [0.1, 0.15) is 20.3 Å². The van der Waals surface area contributed by atoms with Crippen LogP contribution in [0, 0.1) is 23.2 Å². The van der Waals surface area contributed by atoms with E-state index in [-0.39, 0.29) is 5.57 Å². The third kappa shape index (κ3) is 4.51. The number of amides is 1. The number of nitrogens with zero attached hydrogens (tertiary/aromatic N) is 2. The minimum Gasteiger partial charge on any atom is -0.376 e. The van der Waals surface area contributed by atoms with Gasteiger partial charge in [-0.2, -0.15) is 5.26 Å². The Balaban J connectivity index is 2.08. The monoisotopic (exact) mass is 317 g/mol. The third-order valence-corrected chi connectivity index (χ3v) is 3.89. The number of hydrogen-bond acceptors (Lipinski definition) is 3. The molecule has 0 unspecified atom stereocenters. The van der Waals surface area contributed by atoms with Gasteiger partial charge >= 0.3 is 0 Å². The number of nitrogens with one attached hydrogen (secondary N) is 1. The number of halogens is 1. The van der Waals surface area contributed by atoms with E-state index in [0.29, 0.717) is 22.5 Å². The molecule has 1 amide bonds. The van der Waals surface area contributed by atoms with E-state index >= 15 is 0 Å². The number of rotatable bonds is 3. The molecule has 0 spiro atoms. The molecule has 2 atom stereocenters. The van der Waals surface area contributed by atoms with Crippen LogP contribution in [0.5, 0.6) is 0 Å². The normalized spacial score (nSPS) is 22.1. The van der Waals surface area contributed by atoms with Gasteiger partial charge in [-0.1, -0.05) is 31.5 Å². The molecule has 1 aliphatic heterocycles. The standard InChI is InChI=1S/C17H20ClN3O/c1-12-6-13(2)10-21(9-12)11-14(8-19)17(22)20-16-5-3-4-15(18)7-16/h3-5,7,11-13H,6,9-10H2,1-2H3,(H,20,22)/t12-,13-/m1/s1. The first-order valence-corrected chi connectivity index (χ1v) is 7.78. The third-order valence-electron chi connectivity index (χ3n) is 3.66. The molecule has 2 rings (SSSR count). The largest absolute Gasteiger partial charge is 0.376 e. The molecule has 1 aliphatic rings. The van der Waals surface area contributed by atoms with Gasteiger partial charge < -0.3 is 10.2 Å². The van der Waals surface area contributed by atoms with Crippen molar-refractivity contribution in [3.8, 4) is 6.07 Å². The Bertz CT molecular complexity index is 611. The van der Waals surface area contributed by atoms with Gasteiger partial charge in [0.1, 0.15) is 11.6 Å². The first-order valence-electron chi connectivity index (χ1n) is 7.41. The van der Waals surface area contributed by atoms with Crippen LogP contribution in [-0.2, 0) is 4.79 Å². The molecule has 1 aromatic rings. The molecule has 1 saturated heterocycles. The summed E-state index contributed by atoms with van der Waals surface area (Å²) in [6, 6.07) is 8.86. The van der Waals surface area contributed by atoms with Crippen LogP contribution in [0.15, 0.2) is 36.0 Å². The van der Waals surface area contributed by atoms with Crippen molar-refractivity contribution >= 4 is 23.2 Å². The average Bonchev–Trinajstić information content (AvgIpc) is 2.43. The summed E-state index contributed by atoms with van der Waals surface area (Å²) in [4.78, 5) is 14.3. The second-order valence-electron chi connectivity index (χ2n) is 6.02. The molecule has 5 heteroatoms. The summed E-state index contributed by atoms with van der Waals surface area (Å²) < 4.78 is 0. The first kappa shape index (κ1) is 16.4. The lowest BCUT2D eigenvalue weighted by molar-refractivity contribution is -0.112. The predicted octanol–water partition coefficient (Wildman–Crippen LogP) is 3.66. The zero-order chi connectivity index (χ0) is 16.1. The number of piperidine rings is 1. The number of nitriles is 1. The number of anilines is 1. The molecule has 1 N–H and O–H groups in total. The summed E-state index contributed by atoms with van der Waals surface area (Å²) in [5.41, 5.74) is 0.695. The average molecular weight is 318 g/mol. The lowest BCUT2D eigenvalue weighted by Gasteiger charge is -2.34. The molecule has 1 aromatic carbocycles. The summed E-state index contributed by atoms with van der Waals surface area (Å²) in [6.07, 6.45) is 2.85. The van der Waals surface area contributed by atoms with Crippen LogP contribution in [0.4, 0.5) is 5.69 Å². The zero-order valence-electron chi connectivity index (χ0n) is 12.8. The quantitative estimate of drug-likeness (QED) is 0.683. The maximum Gasteiger partial charge on any atom is 0.267 e. The van der Waals surface area contributed by atoms with E-state index in [1.54, 1.807) is 30.5 Å². The molecule has 4 nitrogen and oxygen atoms in total. The Morgan fingerprint density at radius 3 is 2.68 bits per heavy atom. The van der Waals surface area contributed by atoms with Gasteiger partial charge in [-0.3, -0.25) is 4.79 Å². The molecule has 116 valence electrons. The molecule has 0 radical (unpaired) electrons. The number of carbonyl (C=O) groups excluding carboxylic acids is 1. The van der Waals surface area contributed by atoms with Crippen molar-refractivity contribution in [2.75, 3.05) is 18.4 Å². The minimum absolute atomic E-state index is 0.112. The first-order chi connectivity index (χ1) is 10.5. The topological polar surface area (TPSA) is 56.1 Å². The molecule has 22 heavy (non-hydrogen) atoms. The van der Waals surface area contributed by atoms with E-state index in [1.165, 1.54) is 6.42 Å². The van der Waals surface area contributed by atoms with Gasteiger partial charge in [-0.25, -0.2) is 0 Å². The molecule has 0 aliphatic carbocycles. The van der Waals surface area contributed by atoms with Crippen LogP contribution in [-0.4, -0.2) is 23.9 Å². The minimum atomic E-state index is -0.407. The maximum absolute atomic E-state index is 12.2. The Kier molecular flexibility index (Phi) is 5.46. The fourth-order valence-electron chi connectivity index (χ4n) is 2.90. The number of benzene rings is 1. The van der Waals surface area contributed by atoms with Crippen LogP contribution in [0.2, 0.25) is 5.02 Å². The van der Waals surface area contributed by atoms with Gasteiger partial charge in [-0.05, 0) is 36.5 Å². The van der Waals surface area contributed by atoms with E-state index in [0.717, 1.165) is 13.1 Å². The highest BCUT2D eigenvalue weighted by Gasteiger charge is 2.21. The second-order valence-corrected chi connectivity index (χ2v) is 6.46. The van der Waals surface area contributed by atoms with Crippen molar-refractivity contribution in [3.63, 3.8) is 0 Å². The van der Waals surface area contributed by atoms with Crippen molar-refractivity contribution in [1.29, 1.82) is 5.26 Å². The van der Waals surface area contributed by atoms with Crippen LogP contribution < -0.4 is 5.32 Å². The van der Waals surface area contributed by atoms with Gasteiger partial charge in [0, 0.05) is 30.0 Å². The fraction of sp³-hybridized carbons (Fsp3) is 0.412.